The summed E-state index contributed by atoms with van der Waals surface area (Å²) in [6.45, 7) is 1.43. The first-order chi connectivity index (χ1) is 22.5. The molecule has 0 amide bonds. The zero-order chi connectivity index (χ0) is 36.4. The van der Waals surface area contributed by atoms with E-state index in [1.54, 1.807) is 0 Å². The number of azo groups is 1. The van der Waals surface area contributed by atoms with Crippen LogP contribution in [0.5, 0.6) is 11.5 Å². The molecule has 1 aromatic heterocycles. The third kappa shape index (κ3) is 7.86. The second-order valence-electron chi connectivity index (χ2n) is 9.85. The van der Waals surface area contributed by atoms with Gasteiger partial charge in [0.2, 0.25) is 11.2 Å². The molecule has 0 saturated carbocycles. The molecule has 0 aliphatic carbocycles. The molecule has 0 aliphatic heterocycles. The molecule has 0 spiro atoms. The number of hydrogen-bond acceptors (Lipinski definition) is 18. The molecule has 0 fully saturated rings. The van der Waals surface area contributed by atoms with Gasteiger partial charge in [-0.3, -0.25) is 9.11 Å². The van der Waals surface area contributed by atoms with Gasteiger partial charge in [-0.1, -0.05) is 12.1 Å². The van der Waals surface area contributed by atoms with E-state index in [1.165, 1.54) is 6.92 Å². The molecule has 20 nitrogen and oxygen atoms in total. The Morgan fingerprint density at radius 2 is 1.36 bits per heavy atom. The molecule has 1 radical (unpaired) electrons. The van der Waals surface area contributed by atoms with Crippen LogP contribution < -0.4 is 5.32 Å². The van der Waals surface area contributed by atoms with E-state index in [2.05, 4.69) is 30.5 Å². The van der Waals surface area contributed by atoms with Crippen molar-refractivity contribution in [1.82, 2.24) is 15.0 Å². The fourth-order valence-electron chi connectivity index (χ4n) is 4.64. The van der Waals surface area contributed by atoms with Gasteiger partial charge < -0.3 is 42.8 Å². The summed E-state index contributed by atoms with van der Waals surface area (Å²) >= 11 is 5.88. The number of aromatic nitrogens is 3. The van der Waals surface area contributed by atoms with Gasteiger partial charge in [0.25, 0.3) is 20.2 Å². The summed E-state index contributed by atoms with van der Waals surface area (Å²) in [5.74, 6) is -2.31. The number of aryl methyl sites for hydroxylation is 1. The summed E-state index contributed by atoms with van der Waals surface area (Å²) in [5.41, 5.74) is -2.21. The molecule has 5 rings (SSSR count). The molecule has 26 heteroatoms. The van der Waals surface area contributed by atoms with E-state index in [0.717, 1.165) is 36.4 Å². The second-order valence-corrected chi connectivity index (χ2v) is 16.0. The van der Waals surface area contributed by atoms with Gasteiger partial charge in [-0.25, -0.2) is 4.98 Å². The van der Waals surface area contributed by atoms with Crippen molar-refractivity contribution in [3.8, 4) is 11.5 Å². The standard InChI is InChI=1S/C24H21ClN6O14S4.Cu/c1-9-26-23(25)29-24(27-9)28-13-7-11(46(34,35)36)5-10-6-17(49(43,44)45)20(22(33)18(10)13)31-30-14-8-16(48(40,41)42)12-3-2-4-15(47(37,38)39)19(12)21(14)32;/h2-8,32-33,37-39,43-45H,1H3,(H,34,35,36)(H,40,41,42)(H,26,27,28,29);. The third-order valence-electron chi connectivity index (χ3n) is 6.55. The van der Waals surface area contributed by atoms with Crippen molar-refractivity contribution in [2.24, 2.45) is 10.2 Å². The number of phenols is 2. The average molecular weight is 845 g/mol. The predicted octanol–water partition coefficient (Wildman–Crippen LogP) is 6.37. The summed E-state index contributed by atoms with van der Waals surface area (Å²) in [7, 11) is -19.6. The number of halogens is 1. The average Bonchev–Trinajstić information content (AvgIpc) is 2.94. The van der Waals surface area contributed by atoms with E-state index in [0.29, 0.717) is 6.07 Å². The van der Waals surface area contributed by atoms with Crippen LogP contribution >= 0.6 is 33.3 Å². The summed E-state index contributed by atoms with van der Waals surface area (Å²) in [6.07, 6.45) is 0. The van der Waals surface area contributed by atoms with Crippen LogP contribution in [0, 0.1) is 6.92 Å². The van der Waals surface area contributed by atoms with Crippen LogP contribution in [-0.2, 0) is 37.3 Å². The maximum Gasteiger partial charge on any atom is 0.295 e. The summed E-state index contributed by atoms with van der Waals surface area (Å²) in [5, 5.41) is 30.0. The third-order valence-corrected chi connectivity index (χ3v) is 10.3. The first kappa shape index (κ1) is 39.3. The van der Waals surface area contributed by atoms with Crippen molar-refractivity contribution >= 4 is 98.1 Å². The van der Waals surface area contributed by atoms with Gasteiger partial charge >= 0.3 is 0 Å². The van der Waals surface area contributed by atoms with Crippen LogP contribution in [0.25, 0.3) is 21.5 Å². The number of nitrogens with one attached hydrogen (secondary N) is 1. The van der Waals surface area contributed by atoms with E-state index >= 15 is 0 Å². The number of phenolic OH excluding ortho intramolecular Hbond substituents is 2. The largest absolute Gasteiger partial charge is 0.505 e. The van der Waals surface area contributed by atoms with Gasteiger partial charge in [-0.2, -0.15) is 26.8 Å². The van der Waals surface area contributed by atoms with Gasteiger partial charge in [-0.05, 0) is 54.2 Å². The maximum atomic E-state index is 12.3. The molecular weight excluding hydrogens is 824 g/mol. The quantitative estimate of drug-likeness (QED) is 0.0459. The Labute approximate surface area is 299 Å². The van der Waals surface area contributed by atoms with Crippen molar-refractivity contribution in [3.63, 3.8) is 0 Å². The molecule has 0 unspecified atom stereocenters. The fourth-order valence-corrected chi connectivity index (χ4v) is 7.52. The topological polar surface area (TPSA) is 346 Å². The van der Waals surface area contributed by atoms with E-state index in [4.69, 9.17) is 11.6 Å². The molecule has 4 aromatic carbocycles. The van der Waals surface area contributed by atoms with Crippen LogP contribution in [0.2, 0.25) is 5.28 Å². The number of fused-ring (bicyclic) bond motifs is 2. The molecule has 0 aliphatic rings. The predicted molar refractivity (Wildman–Crippen MR) is 175 cm³/mol. The Morgan fingerprint density at radius 3 is 1.92 bits per heavy atom. The SMILES string of the molecule is Cc1nc(Cl)nc(Nc2cc(S(=O)(=O)O)cc3cc(S(O)(O)O)c(N=Nc4cc(S(=O)(=O)O)c5cccc(S(O)(O)O)c5c4O)c(O)c23)n1.[Cu]. The zero-order valence-corrected chi connectivity index (χ0v) is 29.2. The Kier molecular flexibility index (Phi) is 10.7. The molecule has 0 bridgehead atoms. The van der Waals surface area contributed by atoms with Crippen molar-refractivity contribution in [3.05, 3.63) is 53.6 Å². The molecule has 5 aromatic rings. The van der Waals surface area contributed by atoms with Crippen LogP contribution in [0.3, 0.4) is 0 Å². The minimum Gasteiger partial charge on any atom is -0.505 e. The number of nitrogens with zero attached hydrogens (tertiary/aromatic N) is 5. The smallest absolute Gasteiger partial charge is 0.295 e. The number of hydrogen-bond donors (Lipinski definition) is 11. The number of anilines is 2. The summed E-state index contributed by atoms with van der Waals surface area (Å²) < 4.78 is 129. The fraction of sp³-hybridized carbons (Fsp3) is 0.0417. The monoisotopic (exact) mass is 843 g/mol. The zero-order valence-electron chi connectivity index (χ0n) is 24.2. The molecule has 50 heavy (non-hydrogen) atoms. The summed E-state index contributed by atoms with van der Waals surface area (Å²) in [4.78, 5) is 8.04. The van der Waals surface area contributed by atoms with Crippen molar-refractivity contribution in [1.29, 1.82) is 0 Å². The first-order valence-corrected chi connectivity index (χ1v) is 18.9. The maximum absolute atomic E-state index is 12.3. The number of rotatable bonds is 8. The van der Waals surface area contributed by atoms with Crippen LogP contribution in [0.15, 0.2) is 72.3 Å². The van der Waals surface area contributed by atoms with Crippen molar-refractivity contribution in [2.75, 3.05) is 5.32 Å². The van der Waals surface area contributed by atoms with Crippen molar-refractivity contribution < 1.29 is 80.5 Å². The van der Waals surface area contributed by atoms with E-state index in [1.807, 2.05) is 0 Å². The van der Waals surface area contributed by atoms with Crippen LogP contribution in [0.4, 0.5) is 23.0 Å². The van der Waals surface area contributed by atoms with Crippen LogP contribution in [0.1, 0.15) is 5.82 Å². The van der Waals surface area contributed by atoms with Gasteiger partial charge in [0.15, 0.2) is 11.5 Å². The van der Waals surface area contributed by atoms with E-state index in [9.17, 15) is 63.5 Å². The Bertz CT molecular complexity index is 2440. The first-order valence-electron chi connectivity index (χ1n) is 12.6. The second kappa shape index (κ2) is 13.6. The van der Waals surface area contributed by atoms with E-state index < -0.39 is 95.2 Å². The van der Waals surface area contributed by atoms with E-state index in [-0.39, 0.29) is 50.6 Å². The van der Waals surface area contributed by atoms with Crippen LogP contribution in [-0.4, -0.2) is 78.4 Å². The molecule has 273 valence electrons. The minimum atomic E-state index is -5.16. The molecule has 0 atom stereocenters. The molecule has 1 heterocycles. The minimum absolute atomic E-state index is 0. The number of benzene rings is 4. The Hall–Kier alpha value is -3.50. The van der Waals surface area contributed by atoms with Crippen molar-refractivity contribution in [2.45, 2.75) is 26.5 Å². The normalized spacial score (nSPS) is 13.5. The Morgan fingerprint density at radius 1 is 0.720 bits per heavy atom. The van der Waals surface area contributed by atoms with Gasteiger partial charge in [-0.15, -0.1) is 10.2 Å². The number of aromatic hydroxyl groups is 2. The molecule has 0 saturated heterocycles. The van der Waals surface area contributed by atoms with Gasteiger partial charge in [0.1, 0.15) is 43.8 Å². The molecular formula is C24H21ClCuN6O14S4. The Balaban J connectivity index is 0.00000562. The molecule has 11 N–H and O–H groups in total. The van der Waals surface area contributed by atoms with Gasteiger partial charge in [0, 0.05) is 33.2 Å². The summed E-state index contributed by atoms with van der Waals surface area (Å²) in [6, 6.07) is 5.93. The van der Waals surface area contributed by atoms with Gasteiger partial charge in [0.05, 0.1) is 20.4 Å².